The molecule has 2 aliphatic heterocycles. The van der Waals surface area contributed by atoms with E-state index in [0.29, 0.717) is 30.4 Å². The molecule has 0 aromatic carbocycles. The van der Waals surface area contributed by atoms with Crippen LogP contribution in [0.4, 0.5) is 0 Å². The van der Waals surface area contributed by atoms with Gasteiger partial charge in [-0.2, -0.15) is 0 Å². The summed E-state index contributed by atoms with van der Waals surface area (Å²) in [6.45, 7) is 6.36. The van der Waals surface area contributed by atoms with Gasteiger partial charge in [0.25, 0.3) is 0 Å². The van der Waals surface area contributed by atoms with Gasteiger partial charge in [0.1, 0.15) is 0 Å². The van der Waals surface area contributed by atoms with Crippen molar-refractivity contribution in [1.82, 2.24) is 20.0 Å². The molecule has 0 spiro atoms. The summed E-state index contributed by atoms with van der Waals surface area (Å²) < 4.78 is 5.64. The van der Waals surface area contributed by atoms with E-state index in [4.69, 9.17) is 4.42 Å². The van der Waals surface area contributed by atoms with Crippen LogP contribution in [0.1, 0.15) is 51.3 Å². The maximum absolute atomic E-state index is 11.8. The van der Waals surface area contributed by atoms with E-state index in [1.807, 2.05) is 11.8 Å². The summed E-state index contributed by atoms with van der Waals surface area (Å²) in [6.07, 6.45) is 5.35. The zero-order valence-electron chi connectivity index (χ0n) is 12.9. The number of hydrogen-bond donors (Lipinski definition) is 0. The number of amides is 1. The number of nitrogens with zero attached hydrogens (tertiary/aromatic N) is 4. The van der Waals surface area contributed by atoms with E-state index < -0.39 is 0 Å². The van der Waals surface area contributed by atoms with Crippen molar-refractivity contribution >= 4 is 5.91 Å². The number of carbonyl (C=O) groups excluding carboxylic acids is 1. The summed E-state index contributed by atoms with van der Waals surface area (Å²) in [4.78, 5) is 16.3. The molecule has 0 saturated carbocycles. The van der Waals surface area contributed by atoms with Crippen LogP contribution in [0.2, 0.25) is 0 Å². The Morgan fingerprint density at radius 3 is 2.62 bits per heavy atom. The van der Waals surface area contributed by atoms with Crippen molar-refractivity contribution in [3.8, 4) is 0 Å². The van der Waals surface area contributed by atoms with Gasteiger partial charge in [0.2, 0.25) is 17.7 Å². The van der Waals surface area contributed by atoms with Crippen LogP contribution < -0.4 is 0 Å². The Morgan fingerprint density at radius 2 is 1.90 bits per heavy atom. The van der Waals surface area contributed by atoms with Gasteiger partial charge in [-0.1, -0.05) is 6.92 Å². The molecular formula is C15H24N4O2. The van der Waals surface area contributed by atoms with E-state index >= 15 is 0 Å². The summed E-state index contributed by atoms with van der Waals surface area (Å²) in [5, 5.41) is 8.16. The minimum atomic E-state index is 0.204. The van der Waals surface area contributed by atoms with E-state index in [1.54, 1.807) is 6.92 Å². The van der Waals surface area contributed by atoms with Gasteiger partial charge in [0, 0.05) is 32.0 Å². The molecule has 2 atom stereocenters. The normalized spacial score (nSPS) is 26.7. The second-order valence-electron chi connectivity index (χ2n) is 6.05. The highest BCUT2D eigenvalue weighted by Crippen LogP contribution is 2.30. The zero-order valence-corrected chi connectivity index (χ0v) is 12.9. The summed E-state index contributed by atoms with van der Waals surface area (Å²) >= 11 is 0. The molecule has 3 heterocycles. The lowest BCUT2D eigenvalue weighted by atomic mass is 10.0. The molecule has 0 bridgehead atoms. The number of likely N-dealkylation sites (tertiary alicyclic amines) is 2. The third kappa shape index (κ3) is 2.95. The monoisotopic (exact) mass is 292 g/mol. The average molecular weight is 292 g/mol. The quantitative estimate of drug-likeness (QED) is 0.843. The lowest BCUT2D eigenvalue weighted by Crippen LogP contribution is -2.47. The van der Waals surface area contributed by atoms with Crippen molar-refractivity contribution in [1.29, 1.82) is 0 Å². The number of rotatable bonds is 4. The molecule has 2 saturated heterocycles. The van der Waals surface area contributed by atoms with Crippen LogP contribution in [0.3, 0.4) is 0 Å². The molecule has 0 aliphatic carbocycles. The first-order valence-electron chi connectivity index (χ1n) is 8.01. The Bertz CT molecular complexity index is 502. The lowest BCUT2D eigenvalue weighted by Gasteiger charge is -2.34. The molecule has 2 fully saturated rings. The maximum atomic E-state index is 11.8. The molecular weight excluding hydrogens is 268 g/mol. The van der Waals surface area contributed by atoms with E-state index in [9.17, 15) is 4.79 Å². The van der Waals surface area contributed by atoms with Crippen molar-refractivity contribution in [2.45, 2.75) is 64.6 Å². The third-order valence-electron chi connectivity index (χ3n) is 4.71. The topological polar surface area (TPSA) is 62.5 Å². The SMILES string of the molecule is CCc1nnc(CN2CCC[C@H]2[C@H]2CCCN2C(C)=O)o1. The fourth-order valence-electron chi connectivity index (χ4n) is 3.74. The van der Waals surface area contributed by atoms with Gasteiger partial charge < -0.3 is 9.32 Å². The van der Waals surface area contributed by atoms with Crippen LogP contribution in [-0.2, 0) is 17.8 Å². The first kappa shape index (κ1) is 14.5. The molecule has 2 aliphatic rings. The van der Waals surface area contributed by atoms with Crippen molar-refractivity contribution in [3.05, 3.63) is 11.8 Å². The molecule has 116 valence electrons. The summed E-state index contributed by atoms with van der Waals surface area (Å²) in [7, 11) is 0. The average Bonchev–Trinajstić information content (AvgIpc) is 3.18. The highest BCUT2D eigenvalue weighted by molar-refractivity contribution is 5.74. The van der Waals surface area contributed by atoms with E-state index in [0.717, 1.165) is 38.8 Å². The minimum absolute atomic E-state index is 0.204. The van der Waals surface area contributed by atoms with Crippen molar-refractivity contribution in [2.75, 3.05) is 13.1 Å². The molecule has 1 aromatic rings. The van der Waals surface area contributed by atoms with Gasteiger partial charge in [0.15, 0.2) is 0 Å². The highest BCUT2D eigenvalue weighted by Gasteiger charge is 2.39. The van der Waals surface area contributed by atoms with Crippen LogP contribution >= 0.6 is 0 Å². The summed E-state index contributed by atoms with van der Waals surface area (Å²) in [5.74, 6) is 1.61. The van der Waals surface area contributed by atoms with E-state index in [2.05, 4.69) is 15.1 Å². The molecule has 1 aromatic heterocycles. The maximum Gasteiger partial charge on any atom is 0.230 e. The van der Waals surface area contributed by atoms with Crippen molar-refractivity contribution < 1.29 is 9.21 Å². The predicted molar refractivity (Wildman–Crippen MR) is 77.5 cm³/mol. The van der Waals surface area contributed by atoms with Crippen LogP contribution in [0.15, 0.2) is 4.42 Å². The predicted octanol–water partition coefficient (Wildman–Crippen LogP) is 1.61. The van der Waals surface area contributed by atoms with Crippen molar-refractivity contribution in [3.63, 3.8) is 0 Å². The molecule has 0 N–H and O–H groups in total. The van der Waals surface area contributed by atoms with Crippen LogP contribution in [0.5, 0.6) is 0 Å². The van der Waals surface area contributed by atoms with Gasteiger partial charge in [-0.05, 0) is 32.2 Å². The Morgan fingerprint density at radius 1 is 1.19 bits per heavy atom. The molecule has 3 rings (SSSR count). The number of carbonyl (C=O) groups is 1. The van der Waals surface area contributed by atoms with Gasteiger partial charge in [0.05, 0.1) is 6.54 Å². The van der Waals surface area contributed by atoms with Crippen LogP contribution in [-0.4, -0.2) is 51.1 Å². The Labute approximate surface area is 125 Å². The molecule has 1 amide bonds. The number of aryl methyl sites for hydroxylation is 1. The Kier molecular flexibility index (Phi) is 4.24. The molecule has 0 radical (unpaired) electrons. The second kappa shape index (κ2) is 6.13. The molecule has 6 heteroatoms. The molecule has 21 heavy (non-hydrogen) atoms. The van der Waals surface area contributed by atoms with Crippen LogP contribution in [0.25, 0.3) is 0 Å². The fourth-order valence-corrected chi connectivity index (χ4v) is 3.74. The minimum Gasteiger partial charge on any atom is -0.424 e. The van der Waals surface area contributed by atoms with Crippen molar-refractivity contribution in [2.24, 2.45) is 0 Å². The molecule has 0 unspecified atom stereocenters. The Balaban J connectivity index is 1.68. The number of hydrogen-bond acceptors (Lipinski definition) is 5. The first-order valence-corrected chi connectivity index (χ1v) is 8.01. The smallest absolute Gasteiger partial charge is 0.230 e. The standard InChI is InChI=1S/C15H24N4O2/c1-3-14-16-17-15(21-14)10-18-8-4-6-12(18)13-7-5-9-19(13)11(2)20/h12-13H,3-10H2,1-2H3/t12-,13+/m0/s1. The second-order valence-corrected chi connectivity index (χ2v) is 6.05. The highest BCUT2D eigenvalue weighted by atomic mass is 16.4. The summed E-state index contributed by atoms with van der Waals surface area (Å²) in [5.41, 5.74) is 0. The first-order chi connectivity index (χ1) is 10.2. The zero-order chi connectivity index (χ0) is 14.8. The van der Waals surface area contributed by atoms with Gasteiger partial charge in [-0.3, -0.25) is 9.69 Å². The fraction of sp³-hybridized carbons (Fsp3) is 0.800. The lowest BCUT2D eigenvalue weighted by molar-refractivity contribution is -0.130. The van der Waals surface area contributed by atoms with Gasteiger partial charge in [-0.15, -0.1) is 10.2 Å². The van der Waals surface area contributed by atoms with E-state index in [1.165, 1.54) is 6.42 Å². The number of aromatic nitrogens is 2. The van der Waals surface area contributed by atoms with Gasteiger partial charge in [-0.25, -0.2) is 0 Å². The van der Waals surface area contributed by atoms with Gasteiger partial charge >= 0.3 is 0 Å². The van der Waals surface area contributed by atoms with E-state index in [-0.39, 0.29) is 5.91 Å². The summed E-state index contributed by atoms with van der Waals surface area (Å²) in [6, 6.07) is 0.798. The largest absolute Gasteiger partial charge is 0.424 e. The molecule has 6 nitrogen and oxygen atoms in total. The Hall–Kier alpha value is -1.43. The van der Waals surface area contributed by atoms with Crippen LogP contribution in [0, 0.1) is 0 Å². The third-order valence-corrected chi connectivity index (χ3v) is 4.71.